The van der Waals surface area contributed by atoms with Crippen molar-refractivity contribution in [3.8, 4) is 0 Å². The fourth-order valence-electron chi connectivity index (χ4n) is 2.01. The van der Waals surface area contributed by atoms with Crippen molar-refractivity contribution in [1.29, 1.82) is 0 Å². The van der Waals surface area contributed by atoms with Crippen molar-refractivity contribution in [2.75, 3.05) is 31.6 Å². The van der Waals surface area contributed by atoms with Crippen molar-refractivity contribution in [2.24, 2.45) is 5.92 Å². The Kier molecular flexibility index (Phi) is 7.30. The van der Waals surface area contributed by atoms with Gasteiger partial charge in [-0.1, -0.05) is 20.8 Å². The minimum Gasteiger partial charge on any atom is -0.373 e. The molecule has 114 valence electrons. The Balaban J connectivity index is 2.46. The van der Waals surface area contributed by atoms with E-state index in [1.54, 1.807) is 16.9 Å². The van der Waals surface area contributed by atoms with Gasteiger partial charge in [-0.25, -0.2) is 4.68 Å². The van der Waals surface area contributed by atoms with Gasteiger partial charge in [0.2, 0.25) is 0 Å². The summed E-state index contributed by atoms with van der Waals surface area (Å²) < 4.78 is 1.54. The first-order valence-electron chi connectivity index (χ1n) is 7.53. The lowest BCUT2D eigenvalue weighted by atomic mass is 10.2. The highest BCUT2D eigenvalue weighted by molar-refractivity contribution is 5.41. The minimum absolute atomic E-state index is 0.0192. The van der Waals surface area contributed by atoms with Gasteiger partial charge in [-0.15, -0.1) is 0 Å². The molecule has 0 unspecified atom stereocenters. The Hall–Kier alpha value is -1.36. The molecule has 1 aromatic rings. The van der Waals surface area contributed by atoms with E-state index in [-0.39, 0.29) is 5.56 Å². The van der Waals surface area contributed by atoms with E-state index in [1.807, 2.05) is 7.05 Å². The van der Waals surface area contributed by atoms with Crippen molar-refractivity contribution in [2.45, 2.75) is 40.2 Å². The number of aryl methyl sites for hydroxylation is 1. The molecule has 0 amide bonds. The number of anilines is 1. The second kappa shape index (κ2) is 8.74. The van der Waals surface area contributed by atoms with E-state index >= 15 is 0 Å². The average Bonchev–Trinajstić information content (AvgIpc) is 2.39. The molecule has 0 aliphatic heterocycles. The molecule has 0 aliphatic rings. The number of hydrogen-bond acceptors (Lipinski definition) is 4. The molecule has 20 heavy (non-hydrogen) atoms. The number of rotatable bonds is 9. The average molecular weight is 280 g/mol. The molecule has 1 heterocycles. The number of aromatic nitrogens is 2. The predicted octanol–water partition coefficient (Wildman–Crippen LogP) is 1.73. The van der Waals surface area contributed by atoms with Gasteiger partial charge in [-0.05, 0) is 31.8 Å². The Bertz CT molecular complexity index is 442. The largest absolute Gasteiger partial charge is 0.373 e. The zero-order valence-corrected chi connectivity index (χ0v) is 13.2. The molecule has 5 nitrogen and oxygen atoms in total. The second-order valence-corrected chi connectivity index (χ2v) is 5.65. The van der Waals surface area contributed by atoms with Crippen LogP contribution in [0.25, 0.3) is 0 Å². The van der Waals surface area contributed by atoms with E-state index in [2.05, 4.69) is 36.1 Å². The molecular weight excluding hydrogens is 252 g/mol. The first-order valence-corrected chi connectivity index (χ1v) is 7.53. The summed E-state index contributed by atoms with van der Waals surface area (Å²) in [5, 5.41) is 7.62. The van der Waals surface area contributed by atoms with Crippen molar-refractivity contribution in [3.05, 3.63) is 22.6 Å². The van der Waals surface area contributed by atoms with Crippen LogP contribution in [0.3, 0.4) is 0 Å². The normalized spacial score (nSPS) is 11.1. The monoisotopic (exact) mass is 280 g/mol. The summed E-state index contributed by atoms with van der Waals surface area (Å²) in [6.45, 7) is 10.0. The standard InChI is InChI=1S/C15H28N4O/c1-5-8-18(4)14-10-15(20)19(17-12-14)9-6-7-16-11-13(2)3/h10,12-13,16H,5-9,11H2,1-4H3. The summed E-state index contributed by atoms with van der Waals surface area (Å²) >= 11 is 0. The summed E-state index contributed by atoms with van der Waals surface area (Å²) in [4.78, 5) is 14.0. The molecule has 0 bridgehead atoms. The second-order valence-electron chi connectivity index (χ2n) is 5.65. The van der Waals surface area contributed by atoms with Crippen LogP contribution in [0.5, 0.6) is 0 Å². The van der Waals surface area contributed by atoms with Gasteiger partial charge >= 0.3 is 0 Å². The Morgan fingerprint density at radius 3 is 2.80 bits per heavy atom. The van der Waals surface area contributed by atoms with Gasteiger partial charge in [-0.3, -0.25) is 4.79 Å². The summed E-state index contributed by atoms with van der Waals surface area (Å²) in [5.41, 5.74) is 0.875. The lowest BCUT2D eigenvalue weighted by Crippen LogP contribution is -2.28. The van der Waals surface area contributed by atoms with Crippen molar-refractivity contribution < 1.29 is 0 Å². The van der Waals surface area contributed by atoms with Crippen molar-refractivity contribution in [1.82, 2.24) is 15.1 Å². The van der Waals surface area contributed by atoms with Crippen LogP contribution in [0.15, 0.2) is 17.1 Å². The summed E-state index contributed by atoms with van der Waals surface area (Å²) in [6, 6.07) is 1.67. The van der Waals surface area contributed by atoms with E-state index in [9.17, 15) is 4.79 Å². The predicted molar refractivity (Wildman–Crippen MR) is 84.4 cm³/mol. The number of hydrogen-bond donors (Lipinski definition) is 1. The zero-order chi connectivity index (χ0) is 15.0. The summed E-state index contributed by atoms with van der Waals surface area (Å²) in [7, 11) is 1.99. The maximum absolute atomic E-state index is 12.0. The van der Waals surface area contributed by atoms with Crippen LogP contribution in [0.4, 0.5) is 5.69 Å². The number of nitrogens with one attached hydrogen (secondary N) is 1. The quantitative estimate of drug-likeness (QED) is 0.700. The van der Waals surface area contributed by atoms with Gasteiger partial charge in [0.15, 0.2) is 0 Å². The van der Waals surface area contributed by atoms with Crippen LogP contribution >= 0.6 is 0 Å². The third kappa shape index (κ3) is 5.74. The van der Waals surface area contributed by atoms with Gasteiger partial charge in [0.05, 0.1) is 11.9 Å². The fourth-order valence-corrected chi connectivity index (χ4v) is 2.01. The van der Waals surface area contributed by atoms with Gasteiger partial charge in [-0.2, -0.15) is 5.10 Å². The van der Waals surface area contributed by atoms with Crippen LogP contribution < -0.4 is 15.8 Å². The smallest absolute Gasteiger partial charge is 0.268 e. The van der Waals surface area contributed by atoms with Crippen LogP contribution in [-0.2, 0) is 6.54 Å². The van der Waals surface area contributed by atoms with Crippen molar-refractivity contribution >= 4 is 5.69 Å². The zero-order valence-electron chi connectivity index (χ0n) is 13.2. The maximum atomic E-state index is 12.0. The molecule has 0 atom stereocenters. The van der Waals surface area contributed by atoms with Gasteiger partial charge in [0.1, 0.15) is 0 Å². The van der Waals surface area contributed by atoms with Crippen LogP contribution in [0.1, 0.15) is 33.6 Å². The molecule has 1 aromatic heterocycles. The van der Waals surface area contributed by atoms with Crippen LogP contribution in [0, 0.1) is 5.92 Å². The molecule has 0 fully saturated rings. The lowest BCUT2D eigenvalue weighted by Gasteiger charge is -2.17. The van der Waals surface area contributed by atoms with E-state index in [0.717, 1.165) is 38.2 Å². The van der Waals surface area contributed by atoms with E-state index in [1.165, 1.54) is 0 Å². The molecule has 1 N–H and O–H groups in total. The topological polar surface area (TPSA) is 50.2 Å². The Labute approximate surface area is 122 Å². The van der Waals surface area contributed by atoms with Gasteiger partial charge < -0.3 is 10.2 Å². The first kappa shape index (κ1) is 16.7. The molecule has 1 rings (SSSR count). The Morgan fingerprint density at radius 1 is 1.45 bits per heavy atom. The molecule has 5 heteroatoms. The van der Waals surface area contributed by atoms with Crippen molar-refractivity contribution in [3.63, 3.8) is 0 Å². The summed E-state index contributed by atoms with van der Waals surface area (Å²) in [6.07, 6.45) is 3.75. The van der Waals surface area contributed by atoms with E-state index < -0.39 is 0 Å². The third-order valence-corrected chi connectivity index (χ3v) is 3.13. The molecular formula is C15H28N4O. The van der Waals surface area contributed by atoms with Gasteiger partial charge in [0.25, 0.3) is 5.56 Å². The highest BCUT2D eigenvalue weighted by Crippen LogP contribution is 2.07. The molecule has 0 radical (unpaired) electrons. The minimum atomic E-state index is -0.0192. The molecule has 0 saturated heterocycles. The van der Waals surface area contributed by atoms with Crippen LogP contribution in [-0.4, -0.2) is 36.5 Å². The Morgan fingerprint density at radius 2 is 2.20 bits per heavy atom. The highest BCUT2D eigenvalue weighted by Gasteiger charge is 2.04. The fraction of sp³-hybridized carbons (Fsp3) is 0.733. The van der Waals surface area contributed by atoms with Crippen LogP contribution in [0.2, 0.25) is 0 Å². The highest BCUT2D eigenvalue weighted by atomic mass is 16.1. The van der Waals surface area contributed by atoms with Gasteiger partial charge in [0, 0.05) is 26.2 Å². The van der Waals surface area contributed by atoms with E-state index in [4.69, 9.17) is 0 Å². The lowest BCUT2D eigenvalue weighted by molar-refractivity contribution is 0.495. The molecule has 0 saturated carbocycles. The molecule has 0 spiro atoms. The maximum Gasteiger partial charge on any atom is 0.268 e. The first-order chi connectivity index (χ1) is 9.54. The number of nitrogens with zero attached hydrogens (tertiary/aromatic N) is 3. The third-order valence-electron chi connectivity index (χ3n) is 3.13. The van der Waals surface area contributed by atoms with E-state index in [0.29, 0.717) is 12.5 Å². The summed E-state index contributed by atoms with van der Waals surface area (Å²) in [5.74, 6) is 0.657. The molecule has 0 aliphatic carbocycles. The molecule has 0 aromatic carbocycles. The SMILES string of the molecule is CCCN(C)c1cnn(CCCNCC(C)C)c(=O)c1.